The number of hydrogen-bond donors (Lipinski definition) is 0. The highest BCUT2D eigenvalue weighted by Crippen LogP contribution is 2.42. The Morgan fingerprint density at radius 2 is 2.05 bits per heavy atom. The molecule has 0 atom stereocenters. The highest BCUT2D eigenvalue weighted by molar-refractivity contribution is 7.98. The van der Waals surface area contributed by atoms with Crippen molar-refractivity contribution in [1.82, 2.24) is 15.0 Å². The molecule has 2 aromatic heterocycles. The summed E-state index contributed by atoms with van der Waals surface area (Å²) in [5.74, 6) is 0.199. The molecule has 0 N–H and O–H groups in total. The van der Waals surface area contributed by atoms with Crippen molar-refractivity contribution in [3.05, 3.63) is 11.0 Å². The van der Waals surface area contributed by atoms with Crippen LogP contribution in [0.1, 0.15) is 0 Å². The Balaban J connectivity index is 2.06. The number of rotatable bonds is 1. The van der Waals surface area contributed by atoms with E-state index in [9.17, 15) is 4.39 Å². The summed E-state index contributed by atoms with van der Waals surface area (Å²) in [5.41, 5.74) is -0.186. The maximum atomic E-state index is 14.4. The number of aromatic nitrogens is 3. The van der Waals surface area contributed by atoms with Crippen molar-refractivity contribution in [3.63, 3.8) is 0 Å². The van der Waals surface area contributed by atoms with Crippen molar-refractivity contribution < 1.29 is 13.9 Å². The summed E-state index contributed by atoms with van der Waals surface area (Å²) in [6.07, 6.45) is 1.84. The van der Waals surface area contributed by atoms with Crippen LogP contribution in [-0.4, -0.2) is 53.6 Å². The van der Waals surface area contributed by atoms with Crippen LogP contribution in [-0.2, 0) is 4.74 Å². The minimum atomic E-state index is -0.655. The highest BCUT2D eigenvalue weighted by Gasteiger charge is 2.47. The van der Waals surface area contributed by atoms with Crippen LogP contribution < -0.4 is 9.64 Å². The fourth-order valence-electron chi connectivity index (χ4n) is 2.65. The maximum absolute atomic E-state index is 14.4. The Morgan fingerprint density at radius 3 is 2.68 bits per heavy atom. The van der Waals surface area contributed by atoms with Gasteiger partial charge in [0.15, 0.2) is 16.1 Å². The van der Waals surface area contributed by atoms with Gasteiger partial charge in [0.25, 0.3) is 0 Å². The summed E-state index contributed by atoms with van der Waals surface area (Å²) in [4.78, 5) is 14.8. The molecule has 1 saturated heterocycles. The molecule has 0 aliphatic carbocycles. The van der Waals surface area contributed by atoms with Crippen molar-refractivity contribution in [1.29, 1.82) is 0 Å². The third-order valence-electron chi connectivity index (χ3n) is 4.10. The van der Waals surface area contributed by atoms with Gasteiger partial charge in [-0.2, -0.15) is 4.98 Å². The lowest BCUT2D eigenvalue weighted by molar-refractivity contribution is -0.0736. The molecule has 0 radical (unpaired) electrons. The van der Waals surface area contributed by atoms with Crippen molar-refractivity contribution in [2.75, 3.05) is 38.0 Å². The molecule has 2 aliphatic rings. The Bertz CT molecular complexity index is 786. The van der Waals surface area contributed by atoms with Crippen molar-refractivity contribution in [2.45, 2.75) is 10.7 Å². The van der Waals surface area contributed by atoms with Crippen LogP contribution in [0, 0.1) is 5.82 Å². The molecule has 0 saturated carbocycles. The molecule has 4 rings (SSSR count). The van der Waals surface area contributed by atoms with Crippen LogP contribution in [0.5, 0.6) is 5.88 Å². The van der Waals surface area contributed by atoms with E-state index in [1.54, 1.807) is 0 Å². The van der Waals surface area contributed by atoms with E-state index >= 15 is 0 Å². The van der Waals surface area contributed by atoms with Crippen molar-refractivity contribution >= 4 is 40.1 Å². The monoisotopic (exact) mass is 342 g/mol. The standard InChI is InChI=1S/C13H12ClFN4O2S/c1-19-10-6-8(16-12(18-10)22-2)7(15)9(14)17-11(6)21-5-13(19)3-20-4-13/h3-5H2,1-2H3. The van der Waals surface area contributed by atoms with Gasteiger partial charge in [-0.1, -0.05) is 23.4 Å². The number of halogens is 2. The zero-order valence-corrected chi connectivity index (χ0v) is 13.5. The summed E-state index contributed by atoms with van der Waals surface area (Å²) in [7, 11) is 1.90. The van der Waals surface area contributed by atoms with E-state index in [0.717, 1.165) is 0 Å². The van der Waals surface area contributed by atoms with Gasteiger partial charge >= 0.3 is 0 Å². The molecular formula is C13H12ClFN4O2S. The molecule has 1 spiro atoms. The highest BCUT2D eigenvalue weighted by atomic mass is 35.5. The van der Waals surface area contributed by atoms with Gasteiger partial charge in [-0.25, -0.2) is 14.4 Å². The lowest BCUT2D eigenvalue weighted by Crippen LogP contribution is -2.64. The largest absolute Gasteiger partial charge is 0.474 e. The molecule has 1 fully saturated rings. The number of pyridine rings is 1. The van der Waals surface area contributed by atoms with E-state index in [1.165, 1.54) is 11.8 Å². The lowest BCUT2D eigenvalue weighted by Gasteiger charge is -2.46. The van der Waals surface area contributed by atoms with Crippen LogP contribution in [0.3, 0.4) is 0 Å². The molecule has 2 aromatic rings. The Morgan fingerprint density at radius 1 is 1.27 bits per heavy atom. The van der Waals surface area contributed by atoms with Gasteiger partial charge < -0.3 is 14.4 Å². The van der Waals surface area contributed by atoms with E-state index in [4.69, 9.17) is 21.1 Å². The van der Waals surface area contributed by atoms with Crippen molar-refractivity contribution in [3.8, 4) is 5.88 Å². The van der Waals surface area contributed by atoms with Gasteiger partial charge in [0.1, 0.15) is 28.9 Å². The summed E-state index contributed by atoms with van der Waals surface area (Å²) < 4.78 is 25.5. The molecule has 9 heteroatoms. The zero-order chi connectivity index (χ0) is 15.5. The summed E-state index contributed by atoms with van der Waals surface area (Å²) in [6, 6.07) is 0. The lowest BCUT2D eigenvalue weighted by atomic mass is 9.97. The van der Waals surface area contributed by atoms with Gasteiger partial charge in [-0.3, -0.25) is 0 Å². The first-order valence-corrected chi connectivity index (χ1v) is 8.21. The third kappa shape index (κ3) is 1.80. The number of hydrogen-bond acceptors (Lipinski definition) is 7. The molecule has 0 amide bonds. The second kappa shape index (κ2) is 4.81. The van der Waals surface area contributed by atoms with Crippen LogP contribution in [0.25, 0.3) is 10.9 Å². The molecule has 0 bridgehead atoms. The first kappa shape index (κ1) is 14.2. The van der Waals surface area contributed by atoms with Gasteiger partial charge in [0, 0.05) is 7.05 Å². The average Bonchev–Trinajstić information content (AvgIpc) is 2.60. The van der Waals surface area contributed by atoms with E-state index in [1.807, 2.05) is 18.2 Å². The van der Waals surface area contributed by atoms with Crippen LogP contribution >= 0.6 is 23.4 Å². The van der Waals surface area contributed by atoms with E-state index in [0.29, 0.717) is 36.2 Å². The second-order valence-electron chi connectivity index (χ2n) is 5.34. The van der Waals surface area contributed by atoms with E-state index in [2.05, 4.69) is 15.0 Å². The van der Waals surface area contributed by atoms with Gasteiger partial charge in [-0.15, -0.1) is 0 Å². The molecule has 6 nitrogen and oxygen atoms in total. The smallest absolute Gasteiger partial charge is 0.228 e. The molecule has 4 heterocycles. The predicted octanol–water partition coefficient (Wildman–Crippen LogP) is 2.14. The van der Waals surface area contributed by atoms with Crippen molar-refractivity contribution in [2.24, 2.45) is 0 Å². The molecular weight excluding hydrogens is 331 g/mol. The fourth-order valence-corrected chi connectivity index (χ4v) is 3.18. The minimum absolute atomic E-state index is 0.133. The fraction of sp³-hybridized carbons (Fsp3) is 0.462. The quantitative estimate of drug-likeness (QED) is 0.447. The number of anilines is 1. The minimum Gasteiger partial charge on any atom is -0.474 e. The van der Waals surface area contributed by atoms with E-state index in [-0.39, 0.29) is 22.1 Å². The first-order valence-electron chi connectivity index (χ1n) is 6.61. The predicted molar refractivity (Wildman–Crippen MR) is 81.5 cm³/mol. The summed E-state index contributed by atoms with van der Waals surface area (Å²) >= 11 is 7.22. The Kier molecular flexibility index (Phi) is 3.11. The SMILES string of the molecule is CSc1nc2c3c(nc(Cl)c(F)c3n1)OCC1(COC1)N2C. The molecule has 2 aliphatic heterocycles. The molecule has 22 heavy (non-hydrogen) atoms. The first-order chi connectivity index (χ1) is 10.6. The molecule has 116 valence electrons. The third-order valence-corrected chi connectivity index (χ3v) is 4.90. The van der Waals surface area contributed by atoms with Gasteiger partial charge in [0.05, 0.1) is 13.2 Å². The Labute approximate surface area is 135 Å². The summed E-state index contributed by atoms with van der Waals surface area (Å²) in [5, 5.41) is 0.674. The Hall–Kier alpha value is -1.38. The van der Waals surface area contributed by atoms with Crippen LogP contribution in [0.15, 0.2) is 5.16 Å². The van der Waals surface area contributed by atoms with Gasteiger partial charge in [-0.05, 0) is 6.26 Å². The van der Waals surface area contributed by atoms with Gasteiger partial charge in [0.2, 0.25) is 5.88 Å². The number of likely N-dealkylation sites (N-methyl/N-ethyl adjacent to an activating group) is 1. The average molecular weight is 343 g/mol. The number of thioether (sulfide) groups is 1. The zero-order valence-electron chi connectivity index (χ0n) is 11.9. The van der Waals surface area contributed by atoms with Crippen LogP contribution in [0.2, 0.25) is 5.15 Å². The number of ether oxygens (including phenoxy) is 2. The molecule has 0 aromatic carbocycles. The maximum Gasteiger partial charge on any atom is 0.228 e. The van der Waals surface area contributed by atoms with E-state index < -0.39 is 5.82 Å². The second-order valence-corrected chi connectivity index (χ2v) is 6.48. The topological polar surface area (TPSA) is 60.4 Å². The molecule has 0 unspecified atom stereocenters. The normalized spacial score (nSPS) is 19.0. The van der Waals surface area contributed by atoms with Crippen LogP contribution in [0.4, 0.5) is 10.2 Å². The summed E-state index contributed by atoms with van der Waals surface area (Å²) in [6.45, 7) is 1.42. The number of nitrogens with zero attached hydrogens (tertiary/aromatic N) is 4.